The number of carboxylic acid groups (broad SMARTS) is 1. The van der Waals surface area contributed by atoms with Gasteiger partial charge in [-0.05, 0) is 17.9 Å². The summed E-state index contributed by atoms with van der Waals surface area (Å²) in [6, 6.07) is 1.92. The molecule has 2 aromatic heterocycles. The lowest BCUT2D eigenvalue weighted by Crippen LogP contribution is -2.41. The van der Waals surface area contributed by atoms with E-state index >= 15 is 0 Å². The number of rotatable bonds is 7. The first-order valence-electron chi connectivity index (χ1n) is 6.45. The summed E-state index contributed by atoms with van der Waals surface area (Å²) in [4.78, 5) is 30.5. The van der Waals surface area contributed by atoms with Gasteiger partial charge in [0.1, 0.15) is 5.82 Å². The normalized spacial score (nSPS) is 11.8. The molecule has 0 bridgehead atoms. The van der Waals surface area contributed by atoms with Gasteiger partial charge in [-0.3, -0.25) is 0 Å². The lowest BCUT2D eigenvalue weighted by molar-refractivity contribution is -0.139. The van der Waals surface area contributed by atoms with Crippen molar-refractivity contribution in [3.05, 3.63) is 40.6 Å². The van der Waals surface area contributed by atoms with Crippen LogP contribution >= 0.6 is 11.3 Å². The van der Waals surface area contributed by atoms with Gasteiger partial charge in [0.25, 0.3) is 0 Å². The third-order valence-corrected chi connectivity index (χ3v) is 3.72. The van der Waals surface area contributed by atoms with Crippen LogP contribution in [0.2, 0.25) is 0 Å². The number of nitrogens with one attached hydrogen (secondary N) is 3. The maximum atomic E-state index is 11.7. The summed E-state index contributed by atoms with van der Waals surface area (Å²) in [7, 11) is 0. The monoisotopic (exact) mass is 308 g/mol. The van der Waals surface area contributed by atoms with Gasteiger partial charge >= 0.3 is 12.0 Å². The molecule has 7 nitrogen and oxygen atoms in total. The van der Waals surface area contributed by atoms with Gasteiger partial charge in [-0.25, -0.2) is 14.6 Å². The van der Waals surface area contributed by atoms with Gasteiger partial charge in [0.2, 0.25) is 0 Å². The van der Waals surface area contributed by atoms with Crippen molar-refractivity contribution in [2.75, 3.05) is 6.54 Å². The van der Waals surface area contributed by atoms with Crippen LogP contribution < -0.4 is 10.6 Å². The van der Waals surface area contributed by atoms with Crippen LogP contribution in [-0.2, 0) is 11.2 Å². The van der Waals surface area contributed by atoms with Crippen molar-refractivity contribution in [1.82, 2.24) is 20.6 Å². The molecule has 4 N–H and O–H groups in total. The summed E-state index contributed by atoms with van der Waals surface area (Å²) in [5.41, 5.74) is 0. The zero-order valence-corrected chi connectivity index (χ0v) is 12.0. The van der Waals surface area contributed by atoms with Crippen molar-refractivity contribution in [1.29, 1.82) is 0 Å². The number of carbonyl (C=O) groups is 2. The number of thiophene rings is 1. The van der Waals surface area contributed by atoms with Crippen LogP contribution in [0.4, 0.5) is 4.79 Å². The zero-order valence-electron chi connectivity index (χ0n) is 11.2. The number of hydrogen-bond donors (Lipinski definition) is 4. The molecule has 0 saturated heterocycles. The Balaban J connectivity index is 1.74. The van der Waals surface area contributed by atoms with Crippen LogP contribution in [0.15, 0.2) is 29.9 Å². The molecule has 0 aliphatic carbocycles. The second-order valence-electron chi connectivity index (χ2n) is 4.33. The van der Waals surface area contributed by atoms with Crippen LogP contribution in [0, 0.1) is 0 Å². The van der Waals surface area contributed by atoms with Crippen molar-refractivity contribution in [2.24, 2.45) is 0 Å². The van der Waals surface area contributed by atoms with E-state index in [2.05, 4.69) is 20.6 Å². The van der Waals surface area contributed by atoms with Crippen LogP contribution in [0.3, 0.4) is 0 Å². The number of urea groups is 1. The minimum atomic E-state index is -1.08. The highest BCUT2D eigenvalue weighted by Gasteiger charge is 2.22. The number of aromatic nitrogens is 2. The molecule has 2 amide bonds. The fourth-order valence-electron chi connectivity index (χ4n) is 1.78. The summed E-state index contributed by atoms with van der Waals surface area (Å²) in [6.45, 7) is 0.448. The Morgan fingerprint density at radius 2 is 2.33 bits per heavy atom. The van der Waals surface area contributed by atoms with Crippen molar-refractivity contribution < 1.29 is 14.7 Å². The molecule has 2 heterocycles. The van der Waals surface area contributed by atoms with Crippen molar-refractivity contribution in [3.63, 3.8) is 0 Å². The highest BCUT2D eigenvalue weighted by Crippen LogP contribution is 2.18. The molecular weight excluding hydrogens is 292 g/mol. The molecule has 2 rings (SSSR count). The second-order valence-corrected chi connectivity index (χ2v) is 5.31. The predicted molar refractivity (Wildman–Crippen MR) is 78.1 cm³/mol. The quantitative estimate of drug-likeness (QED) is 0.582. The van der Waals surface area contributed by atoms with E-state index in [-0.39, 0.29) is 0 Å². The number of H-pyrrole nitrogens is 1. The number of carbonyl (C=O) groups excluding carboxylic acids is 1. The van der Waals surface area contributed by atoms with E-state index < -0.39 is 18.0 Å². The van der Waals surface area contributed by atoms with Crippen molar-refractivity contribution in [2.45, 2.75) is 18.9 Å². The zero-order chi connectivity index (χ0) is 15.1. The molecule has 0 spiro atoms. The third-order valence-electron chi connectivity index (χ3n) is 2.78. The average Bonchev–Trinajstić information content (AvgIpc) is 3.13. The van der Waals surface area contributed by atoms with Gasteiger partial charge in [-0.15, -0.1) is 11.3 Å². The van der Waals surface area contributed by atoms with Crippen molar-refractivity contribution >= 4 is 23.3 Å². The van der Waals surface area contributed by atoms with E-state index in [9.17, 15) is 9.59 Å². The van der Waals surface area contributed by atoms with Crippen molar-refractivity contribution in [3.8, 4) is 0 Å². The molecule has 0 radical (unpaired) electrons. The Labute approximate surface area is 125 Å². The number of aromatic amines is 1. The smallest absolute Gasteiger partial charge is 0.331 e. The van der Waals surface area contributed by atoms with Gasteiger partial charge in [0.05, 0.1) is 0 Å². The lowest BCUT2D eigenvalue weighted by Gasteiger charge is -2.13. The van der Waals surface area contributed by atoms with E-state index in [1.165, 1.54) is 11.3 Å². The molecule has 1 unspecified atom stereocenters. The summed E-state index contributed by atoms with van der Waals surface area (Å²) in [6.07, 6.45) is 4.86. The summed E-state index contributed by atoms with van der Waals surface area (Å²) in [5, 5.41) is 16.0. The predicted octanol–water partition coefficient (Wildman–Crippen LogP) is 1.53. The molecular formula is C13H16N4O3S. The number of imidazole rings is 1. The number of hydrogen-bond acceptors (Lipinski definition) is 4. The highest BCUT2D eigenvalue weighted by atomic mass is 32.1. The van der Waals surface area contributed by atoms with Crippen LogP contribution in [0.1, 0.15) is 23.2 Å². The molecule has 21 heavy (non-hydrogen) atoms. The molecule has 0 saturated carbocycles. The molecule has 0 aromatic carbocycles. The van der Waals surface area contributed by atoms with E-state index in [0.717, 1.165) is 18.7 Å². The standard InChI is InChI=1S/C13H16N4O3S/c18-12(19)11(9-3-2-8-21-9)17-13(20)16-5-1-4-10-14-6-7-15-10/h2-3,6-8,11H,1,4-5H2,(H,14,15)(H,18,19)(H2,16,17,20). The molecule has 0 aliphatic rings. The Bertz CT molecular complexity index is 568. The minimum Gasteiger partial charge on any atom is -0.479 e. The third kappa shape index (κ3) is 4.60. The van der Waals surface area contributed by atoms with Crippen LogP contribution in [0.25, 0.3) is 0 Å². The Morgan fingerprint density at radius 3 is 2.95 bits per heavy atom. The number of nitrogens with zero attached hydrogens (tertiary/aromatic N) is 1. The Hall–Kier alpha value is -2.35. The van der Waals surface area contributed by atoms with Crippen LogP contribution in [-0.4, -0.2) is 33.6 Å². The largest absolute Gasteiger partial charge is 0.479 e. The second kappa shape index (κ2) is 7.44. The van der Waals surface area contributed by atoms with Crippen LogP contribution in [0.5, 0.6) is 0 Å². The summed E-state index contributed by atoms with van der Waals surface area (Å²) in [5.74, 6) is -0.220. The number of aryl methyl sites for hydroxylation is 1. The number of carboxylic acids is 1. The summed E-state index contributed by atoms with van der Waals surface area (Å²) >= 11 is 1.29. The van der Waals surface area contributed by atoms with Gasteiger partial charge in [0.15, 0.2) is 6.04 Å². The highest BCUT2D eigenvalue weighted by molar-refractivity contribution is 7.10. The number of aliphatic carboxylic acids is 1. The number of amides is 2. The molecule has 112 valence electrons. The molecule has 1 atom stereocenters. The van der Waals surface area contributed by atoms with E-state index in [4.69, 9.17) is 5.11 Å². The van der Waals surface area contributed by atoms with Gasteiger partial charge in [0, 0.05) is 30.2 Å². The fraction of sp³-hybridized carbons (Fsp3) is 0.308. The Morgan fingerprint density at radius 1 is 1.48 bits per heavy atom. The average molecular weight is 308 g/mol. The molecule has 0 aliphatic heterocycles. The van der Waals surface area contributed by atoms with E-state index in [1.807, 2.05) is 0 Å². The topological polar surface area (TPSA) is 107 Å². The SMILES string of the molecule is O=C(NCCCc1ncc[nH]1)NC(C(=O)O)c1cccs1. The first-order chi connectivity index (χ1) is 10.2. The molecule has 2 aromatic rings. The minimum absolute atomic E-state index is 0.448. The fourth-order valence-corrected chi connectivity index (χ4v) is 2.55. The van der Waals surface area contributed by atoms with E-state index in [0.29, 0.717) is 11.4 Å². The van der Waals surface area contributed by atoms with E-state index in [1.54, 1.807) is 29.9 Å². The summed E-state index contributed by atoms with van der Waals surface area (Å²) < 4.78 is 0. The maximum absolute atomic E-state index is 11.7. The first kappa shape index (κ1) is 15.0. The van der Waals surface area contributed by atoms with Gasteiger partial charge < -0.3 is 20.7 Å². The van der Waals surface area contributed by atoms with Gasteiger partial charge in [-0.1, -0.05) is 6.07 Å². The lowest BCUT2D eigenvalue weighted by atomic mass is 10.2. The molecule has 0 fully saturated rings. The van der Waals surface area contributed by atoms with Gasteiger partial charge in [-0.2, -0.15) is 0 Å². The Kier molecular flexibility index (Phi) is 5.33. The molecule has 8 heteroatoms. The first-order valence-corrected chi connectivity index (χ1v) is 7.33. The maximum Gasteiger partial charge on any atom is 0.331 e.